The zero-order valence-electron chi connectivity index (χ0n) is 14.9. The van der Waals surface area contributed by atoms with E-state index in [1.54, 1.807) is 0 Å². The average Bonchev–Trinajstić information content (AvgIpc) is 2.62. The summed E-state index contributed by atoms with van der Waals surface area (Å²) < 4.78 is 0. The molecule has 3 nitrogen and oxygen atoms in total. The van der Waals surface area contributed by atoms with Crippen LogP contribution < -0.4 is 5.32 Å². The monoisotopic (exact) mass is 357 g/mol. The number of benzene rings is 2. The van der Waals surface area contributed by atoms with Crippen molar-refractivity contribution in [1.29, 1.82) is 0 Å². The van der Waals surface area contributed by atoms with E-state index in [0.29, 0.717) is 17.4 Å². The van der Waals surface area contributed by atoms with E-state index in [2.05, 4.69) is 31.3 Å². The topological polar surface area (TPSA) is 49.3 Å². The number of amides is 1. The SMILES string of the molecule is CC(C)CC(NC(=O)CSCC(O)c1ccccc1)c1ccccc1. The van der Waals surface area contributed by atoms with Gasteiger partial charge < -0.3 is 10.4 Å². The number of thioether (sulfide) groups is 1. The molecule has 0 heterocycles. The Labute approximate surface area is 154 Å². The number of aliphatic hydroxyl groups is 1. The molecular weight excluding hydrogens is 330 g/mol. The molecule has 2 rings (SSSR count). The summed E-state index contributed by atoms with van der Waals surface area (Å²) in [6.45, 7) is 4.32. The Morgan fingerprint density at radius 1 is 1.00 bits per heavy atom. The van der Waals surface area contributed by atoms with Crippen LogP contribution in [0.5, 0.6) is 0 Å². The molecule has 0 aliphatic carbocycles. The zero-order valence-corrected chi connectivity index (χ0v) is 15.7. The summed E-state index contributed by atoms with van der Waals surface area (Å²) in [5.41, 5.74) is 2.02. The quantitative estimate of drug-likeness (QED) is 0.701. The van der Waals surface area contributed by atoms with Crippen molar-refractivity contribution in [1.82, 2.24) is 5.32 Å². The van der Waals surface area contributed by atoms with Crippen molar-refractivity contribution < 1.29 is 9.90 Å². The van der Waals surface area contributed by atoms with Gasteiger partial charge >= 0.3 is 0 Å². The Morgan fingerprint density at radius 3 is 2.12 bits per heavy atom. The van der Waals surface area contributed by atoms with Crippen LogP contribution in [-0.4, -0.2) is 22.5 Å². The third kappa shape index (κ3) is 6.92. The smallest absolute Gasteiger partial charge is 0.230 e. The fourth-order valence-electron chi connectivity index (χ4n) is 2.71. The molecule has 0 saturated heterocycles. The molecule has 4 heteroatoms. The van der Waals surface area contributed by atoms with E-state index in [0.717, 1.165) is 17.5 Å². The summed E-state index contributed by atoms with van der Waals surface area (Å²) in [6, 6.07) is 19.7. The van der Waals surface area contributed by atoms with Crippen LogP contribution in [0.4, 0.5) is 0 Å². The van der Waals surface area contributed by atoms with Gasteiger partial charge in [0.25, 0.3) is 0 Å². The molecule has 0 saturated carbocycles. The van der Waals surface area contributed by atoms with Crippen LogP contribution >= 0.6 is 11.8 Å². The van der Waals surface area contributed by atoms with Gasteiger partial charge in [0.1, 0.15) is 0 Å². The first kappa shape index (κ1) is 19.5. The Balaban J connectivity index is 1.82. The molecule has 0 fully saturated rings. The van der Waals surface area contributed by atoms with Gasteiger partial charge in [-0.05, 0) is 23.5 Å². The highest BCUT2D eigenvalue weighted by Gasteiger charge is 2.16. The van der Waals surface area contributed by atoms with Gasteiger partial charge in [0.2, 0.25) is 5.91 Å². The van der Waals surface area contributed by atoms with Crippen molar-refractivity contribution in [2.45, 2.75) is 32.4 Å². The minimum atomic E-state index is -0.542. The standard InChI is InChI=1S/C21H27NO2S/c1-16(2)13-19(17-9-5-3-6-10-17)22-21(24)15-25-14-20(23)18-11-7-4-8-12-18/h3-12,16,19-20,23H,13-15H2,1-2H3,(H,22,24). The molecule has 2 unspecified atom stereocenters. The molecule has 2 aromatic carbocycles. The van der Waals surface area contributed by atoms with E-state index in [1.807, 2.05) is 48.5 Å². The maximum atomic E-state index is 12.3. The Hall–Kier alpha value is -1.78. The van der Waals surface area contributed by atoms with E-state index in [4.69, 9.17) is 0 Å². The van der Waals surface area contributed by atoms with Crippen molar-refractivity contribution in [3.05, 3.63) is 71.8 Å². The van der Waals surface area contributed by atoms with Gasteiger partial charge in [0.05, 0.1) is 17.9 Å². The lowest BCUT2D eigenvalue weighted by Gasteiger charge is -2.21. The predicted molar refractivity (Wildman–Crippen MR) is 106 cm³/mol. The number of nitrogens with one attached hydrogen (secondary N) is 1. The summed E-state index contributed by atoms with van der Waals surface area (Å²) in [5.74, 6) is 1.38. The molecule has 0 bridgehead atoms. The average molecular weight is 358 g/mol. The molecule has 0 spiro atoms. The number of aliphatic hydroxyl groups excluding tert-OH is 1. The van der Waals surface area contributed by atoms with E-state index in [-0.39, 0.29) is 11.9 Å². The zero-order chi connectivity index (χ0) is 18.1. The summed E-state index contributed by atoms with van der Waals surface area (Å²) in [6.07, 6.45) is 0.368. The van der Waals surface area contributed by atoms with Gasteiger partial charge in [0, 0.05) is 5.75 Å². The van der Waals surface area contributed by atoms with Crippen LogP contribution in [0.3, 0.4) is 0 Å². The number of carbonyl (C=O) groups is 1. The second-order valence-corrected chi connectivity index (χ2v) is 7.63. The molecule has 134 valence electrons. The molecule has 1 amide bonds. The number of rotatable bonds is 9. The fraction of sp³-hybridized carbons (Fsp3) is 0.381. The molecule has 0 aliphatic heterocycles. The Morgan fingerprint density at radius 2 is 1.56 bits per heavy atom. The van der Waals surface area contributed by atoms with Crippen molar-refractivity contribution >= 4 is 17.7 Å². The van der Waals surface area contributed by atoms with Crippen molar-refractivity contribution in [2.24, 2.45) is 5.92 Å². The Kier molecular flexibility index (Phi) is 8.02. The van der Waals surface area contributed by atoms with Gasteiger partial charge in [0.15, 0.2) is 0 Å². The van der Waals surface area contributed by atoms with Gasteiger partial charge in [-0.25, -0.2) is 0 Å². The lowest BCUT2D eigenvalue weighted by molar-refractivity contribution is -0.119. The molecule has 0 radical (unpaired) electrons. The summed E-state index contributed by atoms with van der Waals surface area (Å²) in [4.78, 5) is 12.3. The van der Waals surface area contributed by atoms with Crippen LogP contribution in [0.15, 0.2) is 60.7 Å². The maximum absolute atomic E-state index is 12.3. The van der Waals surface area contributed by atoms with E-state index in [1.165, 1.54) is 11.8 Å². The largest absolute Gasteiger partial charge is 0.388 e. The van der Waals surface area contributed by atoms with Gasteiger partial charge in [-0.1, -0.05) is 74.5 Å². The minimum Gasteiger partial charge on any atom is -0.388 e. The summed E-state index contributed by atoms with van der Waals surface area (Å²) >= 11 is 1.46. The van der Waals surface area contributed by atoms with Crippen molar-refractivity contribution in [3.63, 3.8) is 0 Å². The summed E-state index contributed by atoms with van der Waals surface area (Å²) in [7, 11) is 0. The molecule has 0 aromatic heterocycles. The third-order valence-corrected chi connectivity index (χ3v) is 4.96. The first-order valence-electron chi connectivity index (χ1n) is 8.71. The molecule has 2 N–H and O–H groups in total. The second kappa shape index (κ2) is 10.3. The van der Waals surface area contributed by atoms with Gasteiger partial charge in [-0.2, -0.15) is 0 Å². The number of carbonyl (C=O) groups excluding carboxylic acids is 1. The molecule has 2 aromatic rings. The first-order chi connectivity index (χ1) is 12.1. The van der Waals surface area contributed by atoms with Gasteiger partial charge in [-0.15, -0.1) is 11.8 Å². The minimum absolute atomic E-state index is 0.0137. The highest BCUT2D eigenvalue weighted by Crippen LogP contribution is 2.22. The van der Waals surface area contributed by atoms with Crippen LogP contribution in [-0.2, 0) is 4.79 Å². The molecule has 0 aliphatic rings. The van der Waals surface area contributed by atoms with Crippen LogP contribution in [0, 0.1) is 5.92 Å². The molecule has 2 atom stereocenters. The first-order valence-corrected chi connectivity index (χ1v) is 9.86. The fourth-order valence-corrected chi connectivity index (χ4v) is 3.51. The van der Waals surface area contributed by atoms with Crippen LogP contribution in [0.25, 0.3) is 0 Å². The highest BCUT2D eigenvalue weighted by molar-refractivity contribution is 7.99. The predicted octanol–water partition coefficient (Wildman–Crippen LogP) is 4.36. The summed E-state index contributed by atoms with van der Waals surface area (Å²) in [5, 5.41) is 13.3. The maximum Gasteiger partial charge on any atom is 0.230 e. The van der Waals surface area contributed by atoms with Crippen LogP contribution in [0.1, 0.15) is 43.5 Å². The van der Waals surface area contributed by atoms with E-state index < -0.39 is 6.10 Å². The van der Waals surface area contributed by atoms with Crippen LogP contribution in [0.2, 0.25) is 0 Å². The highest BCUT2D eigenvalue weighted by atomic mass is 32.2. The third-order valence-electron chi connectivity index (χ3n) is 3.94. The molecular formula is C21H27NO2S. The number of hydrogen-bond donors (Lipinski definition) is 2. The normalized spacial score (nSPS) is 13.4. The number of hydrogen-bond acceptors (Lipinski definition) is 3. The molecule has 25 heavy (non-hydrogen) atoms. The Bertz CT molecular complexity index is 631. The van der Waals surface area contributed by atoms with E-state index in [9.17, 15) is 9.90 Å². The van der Waals surface area contributed by atoms with Crippen molar-refractivity contribution in [3.8, 4) is 0 Å². The lowest BCUT2D eigenvalue weighted by Crippen LogP contribution is -2.31. The van der Waals surface area contributed by atoms with Crippen molar-refractivity contribution in [2.75, 3.05) is 11.5 Å². The van der Waals surface area contributed by atoms with Gasteiger partial charge in [-0.3, -0.25) is 4.79 Å². The second-order valence-electron chi connectivity index (χ2n) is 6.60. The van der Waals surface area contributed by atoms with E-state index >= 15 is 0 Å². The lowest BCUT2D eigenvalue weighted by atomic mass is 9.97.